The molecule has 25 heavy (non-hydrogen) atoms. The number of fused-ring (bicyclic) bond motifs is 1. The Bertz CT molecular complexity index is 838. The molecular formula is C18H23N3O4. The zero-order chi connectivity index (χ0) is 18.4. The molecular weight excluding hydrogens is 322 g/mol. The van der Waals surface area contributed by atoms with Crippen LogP contribution < -0.4 is 5.32 Å². The van der Waals surface area contributed by atoms with E-state index in [0.717, 1.165) is 18.5 Å². The van der Waals surface area contributed by atoms with Gasteiger partial charge in [0.15, 0.2) is 0 Å². The van der Waals surface area contributed by atoms with Crippen molar-refractivity contribution < 1.29 is 19.2 Å². The molecule has 1 saturated carbocycles. The minimum Gasteiger partial charge on any atom is -0.480 e. The lowest BCUT2D eigenvalue weighted by molar-refractivity contribution is -0.143. The zero-order valence-electron chi connectivity index (χ0n) is 14.9. The monoisotopic (exact) mass is 345 g/mol. The lowest BCUT2D eigenvalue weighted by atomic mass is 9.97. The van der Waals surface area contributed by atoms with Crippen molar-refractivity contribution >= 4 is 23.0 Å². The Morgan fingerprint density at radius 2 is 2.12 bits per heavy atom. The van der Waals surface area contributed by atoms with Gasteiger partial charge in [0, 0.05) is 11.6 Å². The number of nitrogens with one attached hydrogen (secondary N) is 1. The second-order valence-corrected chi connectivity index (χ2v) is 7.22. The topological polar surface area (TPSA) is 105 Å². The average Bonchev–Trinajstić information content (AvgIpc) is 3.32. The van der Waals surface area contributed by atoms with Crippen LogP contribution in [0.15, 0.2) is 10.6 Å². The minimum absolute atomic E-state index is 0.0541. The molecule has 1 unspecified atom stereocenters. The van der Waals surface area contributed by atoms with E-state index in [1.54, 1.807) is 13.0 Å². The number of amides is 1. The van der Waals surface area contributed by atoms with Crippen molar-refractivity contribution in [2.24, 2.45) is 0 Å². The van der Waals surface area contributed by atoms with Gasteiger partial charge in [-0.15, -0.1) is 0 Å². The summed E-state index contributed by atoms with van der Waals surface area (Å²) in [6.45, 7) is 7.15. The molecule has 0 bridgehead atoms. The molecule has 0 spiro atoms. The van der Waals surface area contributed by atoms with Gasteiger partial charge in [0.05, 0.1) is 16.6 Å². The molecule has 134 valence electrons. The van der Waals surface area contributed by atoms with E-state index in [0.29, 0.717) is 28.3 Å². The molecule has 1 aliphatic rings. The fourth-order valence-electron chi connectivity index (χ4n) is 2.76. The summed E-state index contributed by atoms with van der Waals surface area (Å²) in [6.07, 6.45) is 2.34. The Hall–Kier alpha value is -2.44. The Labute approximate surface area is 145 Å². The van der Waals surface area contributed by atoms with Gasteiger partial charge in [-0.2, -0.15) is 0 Å². The summed E-state index contributed by atoms with van der Waals surface area (Å²) in [5.41, 5.74) is 0.854. The van der Waals surface area contributed by atoms with Gasteiger partial charge in [-0.3, -0.25) is 4.79 Å². The highest BCUT2D eigenvalue weighted by Gasteiger charge is 2.35. The van der Waals surface area contributed by atoms with Crippen molar-refractivity contribution in [2.45, 2.75) is 64.3 Å². The highest BCUT2D eigenvalue weighted by Crippen LogP contribution is 2.41. The standard InChI is InChI=1S/C18H23N3O4/c1-5-18(4,17(23)24)20-15(22)11-8-12(10-6-7-10)19-16-13(11)14(9(2)3)21-25-16/h8-10H,5-7H2,1-4H3,(H,20,22)(H,23,24). The highest BCUT2D eigenvalue weighted by molar-refractivity contribution is 6.07. The van der Waals surface area contributed by atoms with Crippen molar-refractivity contribution in [1.29, 1.82) is 0 Å². The summed E-state index contributed by atoms with van der Waals surface area (Å²) in [7, 11) is 0. The third-order valence-electron chi connectivity index (χ3n) is 4.85. The number of carbonyl (C=O) groups is 2. The number of carbonyl (C=O) groups excluding carboxylic acids is 1. The molecule has 1 fully saturated rings. The number of carboxylic acids is 1. The Morgan fingerprint density at radius 1 is 1.44 bits per heavy atom. The fraction of sp³-hybridized carbons (Fsp3) is 0.556. The molecule has 2 aromatic rings. The van der Waals surface area contributed by atoms with Crippen molar-refractivity contribution in [3.05, 3.63) is 23.0 Å². The molecule has 2 N–H and O–H groups in total. The van der Waals surface area contributed by atoms with Gasteiger partial charge >= 0.3 is 5.97 Å². The molecule has 1 amide bonds. The molecule has 2 aromatic heterocycles. The molecule has 7 nitrogen and oxygen atoms in total. The first-order valence-corrected chi connectivity index (χ1v) is 8.63. The predicted octanol–water partition coefficient (Wildman–Crippen LogP) is 3.21. The minimum atomic E-state index is -1.33. The van der Waals surface area contributed by atoms with Crippen LogP contribution in [0.25, 0.3) is 11.1 Å². The SMILES string of the molecule is CCC(C)(NC(=O)c1cc(C2CC2)nc2onc(C(C)C)c12)C(=O)O. The van der Waals surface area contributed by atoms with Crippen molar-refractivity contribution in [3.63, 3.8) is 0 Å². The Balaban J connectivity index is 2.10. The van der Waals surface area contributed by atoms with Gasteiger partial charge in [-0.25, -0.2) is 9.78 Å². The molecule has 1 aliphatic carbocycles. The molecule has 1 atom stereocenters. The Kier molecular flexibility index (Phi) is 4.26. The van der Waals surface area contributed by atoms with Gasteiger partial charge in [0.25, 0.3) is 11.6 Å². The van der Waals surface area contributed by atoms with E-state index in [1.807, 2.05) is 13.8 Å². The molecule has 2 heterocycles. The summed E-state index contributed by atoms with van der Waals surface area (Å²) in [5.74, 6) is -1.12. The number of nitrogens with zero attached hydrogens (tertiary/aromatic N) is 2. The second-order valence-electron chi connectivity index (χ2n) is 7.22. The number of aromatic nitrogens is 2. The molecule has 7 heteroatoms. The van der Waals surface area contributed by atoms with Crippen molar-refractivity contribution in [1.82, 2.24) is 15.5 Å². The number of hydrogen-bond donors (Lipinski definition) is 2. The summed E-state index contributed by atoms with van der Waals surface area (Å²) in [4.78, 5) is 29.0. The average molecular weight is 345 g/mol. The molecule has 3 rings (SSSR count). The number of rotatable bonds is 6. The van der Waals surface area contributed by atoms with E-state index in [9.17, 15) is 14.7 Å². The summed E-state index contributed by atoms with van der Waals surface area (Å²) in [5, 5.41) is 16.7. The van der Waals surface area contributed by atoms with E-state index in [2.05, 4.69) is 15.5 Å². The second kappa shape index (κ2) is 6.13. The largest absolute Gasteiger partial charge is 0.480 e. The van der Waals surface area contributed by atoms with Crippen LogP contribution in [0.3, 0.4) is 0 Å². The van der Waals surface area contributed by atoms with Gasteiger partial charge in [-0.1, -0.05) is 25.9 Å². The van der Waals surface area contributed by atoms with E-state index in [4.69, 9.17) is 4.52 Å². The van der Waals surface area contributed by atoms with Crippen LogP contribution in [0.5, 0.6) is 0 Å². The highest BCUT2D eigenvalue weighted by atomic mass is 16.5. The fourth-order valence-corrected chi connectivity index (χ4v) is 2.76. The van der Waals surface area contributed by atoms with Crippen LogP contribution in [-0.4, -0.2) is 32.7 Å². The first-order chi connectivity index (χ1) is 11.8. The van der Waals surface area contributed by atoms with Crippen LogP contribution in [-0.2, 0) is 4.79 Å². The van der Waals surface area contributed by atoms with Gasteiger partial charge in [-0.05, 0) is 38.2 Å². The number of pyridine rings is 1. The molecule has 0 aliphatic heterocycles. The first-order valence-electron chi connectivity index (χ1n) is 8.63. The number of hydrogen-bond acceptors (Lipinski definition) is 5. The lowest BCUT2D eigenvalue weighted by Gasteiger charge is -2.24. The maximum atomic E-state index is 12.9. The van der Waals surface area contributed by atoms with Crippen LogP contribution >= 0.6 is 0 Å². The van der Waals surface area contributed by atoms with Crippen molar-refractivity contribution in [2.75, 3.05) is 0 Å². The quantitative estimate of drug-likeness (QED) is 0.833. The van der Waals surface area contributed by atoms with Crippen LogP contribution in [0.1, 0.15) is 80.5 Å². The van der Waals surface area contributed by atoms with Crippen LogP contribution in [0, 0.1) is 0 Å². The van der Waals surface area contributed by atoms with E-state index in [1.165, 1.54) is 6.92 Å². The van der Waals surface area contributed by atoms with Crippen molar-refractivity contribution in [3.8, 4) is 0 Å². The summed E-state index contributed by atoms with van der Waals surface area (Å²) >= 11 is 0. The van der Waals surface area contributed by atoms with Gasteiger partial charge in [0.1, 0.15) is 5.54 Å². The third kappa shape index (κ3) is 3.10. The van der Waals surface area contributed by atoms with Gasteiger partial charge < -0.3 is 14.9 Å². The van der Waals surface area contributed by atoms with Crippen LogP contribution in [0.2, 0.25) is 0 Å². The maximum Gasteiger partial charge on any atom is 0.329 e. The molecule has 0 radical (unpaired) electrons. The smallest absolute Gasteiger partial charge is 0.329 e. The normalized spacial score (nSPS) is 16.8. The molecule has 0 saturated heterocycles. The first kappa shape index (κ1) is 17.4. The van der Waals surface area contributed by atoms with E-state index in [-0.39, 0.29) is 12.3 Å². The zero-order valence-corrected chi connectivity index (χ0v) is 14.9. The summed E-state index contributed by atoms with van der Waals surface area (Å²) < 4.78 is 5.37. The molecule has 0 aromatic carbocycles. The number of carboxylic acid groups (broad SMARTS) is 1. The lowest BCUT2D eigenvalue weighted by Crippen LogP contribution is -2.51. The summed E-state index contributed by atoms with van der Waals surface area (Å²) in [6, 6.07) is 1.76. The predicted molar refractivity (Wildman–Crippen MR) is 91.7 cm³/mol. The Morgan fingerprint density at radius 3 is 2.64 bits per heavy atom. The third-order valence-corrected chi connectivity index (χ3v) is 4.85. The van der Waals surface area contributed by atoms with E-state index < -0.39 is 17.4 Å². The van der Waals surface area contributed by atoms with Crippen LogP contribution in [0.4, 0.5) is 0 Å². The van der Waals surface area contributed by atoms with Gasteiger partial charge in [0.2, 0.25) is 0 Å². The maximum absolute atomic E-state index is 12.9. The van der Waals surface area contributed by atoms with E-state index >= 15 is 0 Å². The number of aliphatic carboxylic acids is 1.